The Morgan fingerprint density at radius 2 is 1.92 bits per heavy atom. The van der Waals surface area contributed by atoms with Crippen LogP contribution in [0.15, 0.2) is 11.6 Å². The number of hydrogen-bond donors (Lipinski definition) is 2. The van der Waals surface area contributed by atoms with Crippen LogP contribution in [-0.2, 0) is 19.1 Å². The lowest BCUT2D eigenvalue weighted by atomic mass is 9.76. The van der Waals surface area contributed by atoms with Gasteiger partial charge in [-0.25, -0.2) is 4.79 Å². The fourth-order valence-corrected chi connectivity index (χ4v) is 4.63. The third kappa shape index (κ3) is 2.52. The van der Waals surface area contributed by atoms with Crippen molar-refractivity contribution >= 4 is 11.9 Å². The highest BCUT2D eigenvalue weighted by molar-refractivity contribution is 5.83. The van der Waals surface area contributed by atoms with Crippen molar-refractivity contribution in [3.63, 3.8) is 0 Å². The number of hydrogen-bond acceptors (Lipinski definition) is 6. The van der Waals surface area contributed by atoms with Crippen LogP contribution in [0.1, 0.15) is 41.0 Å². The van der Waals surface area contributed by atoms with Crippen molar-refractivity contribution in [3.8, 4) is 0 Å². The van der Waals surface area contributed by atoms with E-state index in [2.05, 4.69) is 19.9 Å². The number of rotatable bonds is 1. The molecule has 0 amide bonds. The van der Waals surface area contributed by atoms with Crippen molar-refractivity contribution in [1.82, 2.24) is 0 Å². The fraction of sp³-hybridized carbons (Fsp3) is 0.789. The van der Waals surface area contributed by atoms with Crippen molar-refractivity contribution in [1.29, 1.82) is 0 Å². The highest BCUT2D eigenvalue weighted by Crippen LogP contribution is 2.42. The van der Waals surface area contributed by atoms with Gasteiger partial charge in [-0.2, -0.15) is 0 Å². The molecule has 2 saturated heterocycles. The molecule has 7 heteroatoms. The monoisotopic (exact) mass is 368 g/mol. The van der Waals surface area contributed by atoms with Crippen LogP contribution in [0.4, 0.5) is 0 Å². The van der Waals surface area contributed by atoms with Gasteiger partial charge in [0.1, 0.15) is 12.2 Å². The van der Waals surface area contributed by atoms with Gasteiger partial charge < -0.3 is 24.2 Å². The molecule has 0 spiro atoms. The van der Waals surface area contributed by atoms with Crippen LogP contribution in [0.5, 0.6) is 0 Å². The van der Waals surface area contributed by atoms with Crippen molar-refractivity contribution in [3.05, 3.63) is 11.6 Å². The molecular formula is C19H30NO6+. The zero-order valence-corrected chi connectivity index (χ0v) is 16.2. The van der Waals surface area contributed by atoms with Crippen LogP contribution in [-0.4, -0.2) is 75.7 Å². The second-order valence-electron chi connectivity index (χ2n) is 8.61. The minimum absolute atomic E-state index is 0.0326. The van der Waals surface area contributed by atoms with Gasteiger partial charge in [0.15, 0.2) is 17.7 Å². The van der Waals surface area contributed by atoms with E-state index in [1.165, 1.54) is 20.8 Å². The van der Waals surface area contributed by atoms with Gasteiger partial charge in [-0.3, -0.25) is 4.79 Å². The van der Waals surface area contributed by atoms with Crippen molar-refractivity contribution in [2.75, 3.05) is 19.7 Å². The van der Waals surface area contributed by atoms with E-state index in [1.807, 2.05) is 0 Å². The zero-order valence-electron chi connectivity index (χ0n) is 16.2. The first kappa shape index (κ1) is 19.3. The third-order valence-corrected chi connectivity index (χ3v) is 7.06. The molecule has 0 aromatic rings. The number of carbonyl (C=O) groups excluding carboxylic acids is 2. The summed E-state index contributed by atoms with van der Waals surface area (Å²) in [5.74, 6) is -2.63. The predicted molar refractivity (Wildman–Crippen MR) is 92.9 cm³/mol. The summed E-state index contributed by atoms with van der Waals surface area (Å²) in [6.07, 6.45) is 2.47. The van der Waals surface area contributed by atoms with E-state index in [1.54, 1.807) is 0 Å². The SMILES string of the molecule is CC1C(=O)OC2CC[N+]3(C(C)C)CC=C(COC(=O)C(C)(O)C1(C)O)C23. The van der Waals surface area contributed by atoms with E-state index in [9.17, 15) is 19.8 Å². The average molecular weight is 368 g/mol. The number of ether oxygens (including phenoxy) is 2. The maximum Gasteiger partial charge on any atom is 0.341 e. The molecule has 0 aromatic carbocycles. The molecule has 6 unspecified atom stereocenters. The number of nitrogens with zero attached hydrogens (tertiary/aromatic N) is 1. The van der Waals surface area contributed by atoms with Gasteiger partial charge in [0.05, 0.1) is 25.0 Å². The standard InChI is InChI=1S/C19H30NO6/c1-11(2)20-8-6-13-10-25-17(22)19(5,24)18(4,23)12(3)16(21)26-14(7-9-20)15(13)20/h6,11-12,14-15,23-24H,7-10H2,1-5H3/q+1. The van der Waals surface area contributed by atoms with Crippen LogP contribution in [0.25, 0.3) is 0 Å². The van der Waals surface area contributed by atoms with E-state index >= 15 is 0 Å². The zero-order chi connectivity index (χ0) is 19.5. The Hall–Kier alpha value is -1.44. The third-order valence-electron chi connectivity index (χ3n) is 7.06. The largest absolute Gasteiger partial charge is 0.459 e. The summed E-state index contributed by atoms with van der Waals surface area (Å²) in [7, 11) is 0. The van der Waals surface area contributed by atoms with E-state index in [0.29, 0.717) is 6.04 Å². The lowest BCUT2D eigenvalue weighted by Gasteiger charge is -2.40. The first-order chi connectivity index (χ1) is 11.9. The van der Waals surface area contributed by atoms with E-state index in [4.69, 9.17) is 9.47 Å². The molecule has 0 radical (unpaired) electrons. The van der Waals surface area contributed by atoms with Gasteiger partial charge in [-0.15, -0.1) is 0 Å². The second-order valence-corrected chi connectivity index (χ2v) is 8.61. The van der Waals surface area contributed by atoms with Crippen LogP contribution in [0.2, 0.25) is 0 Å². The van der Waals surface area contributed by atoms with Gasteiger partial charge in [-0.1, -0.05) is 0 Å². The highest BCUT2D eigenvalue weighted by Gasteiger charge is 2.59. The minimum Gasteiger partial charge on any atom is -0.459 e. The number of quaternary nitrogens is 1. The lowest BCUT2D eigenvalue weighted by molar-refractivity contribution is -0.945. The van der Waals surface area contributed by atoms with Gasteiger partial charge >= 0.3 is 11.9 Å². The van der Waals surface area contributed by atoms with Gasteiger partial charge in [0.25, 0.3) is 0 Å². The Morgan fingerprint density at radius 1 is 1.27 bits per heavy atom. The molecular weight excluding hydrogens is 338 g/mol. The molecule has 26 heavy (non-hydrogen) atoms. The predicted octanol–water partition coefficient (Wildman–Crippen LogP) is 0.531. The fourth-order valence-electron chi connectivity index (χ4n) is 4.63. The van der Waals surface area contributed by atoms with E-state index in [-0.39, 0.29) is 18.8 Å². The normalized spacial score (nSPS) is 46.3. The number of cyclic esters (lactones) is 1. The summed E-state index contributed by atoms with van der Waals surface area (Å²) in [5.41, 5.74) is -3.32. The van der Waals surface area contributed by atoms with Crippen LogP contribution in [0.3, 0.4) is 0 Å². The van der Waals surface area contributed by atoms with Gasteiger partial charge in [-0.05, 0) is 40.7 Å². The van der Waals surface area contributed by atoms with E-state index in [0.717, 1.165) is 29.6 Å². The maximum atomic E-state index is 12.7. The maximum absolute atomic E-state index is 12.7. The summed E-state index contributed by atoms with van der Waals surface area (Å²) in [6, 6.07) is 0.286. The Balaban J connectivity index is 2.01. The molecule has 3 heterocycles. The second kappa shape index (κ2) is 6.04. The number of carbonyl (C=O) groups is 2. The van der Waals surface area contributed by atoms with Gasteiger partial charge in [0.2, 0.25) is 0 Å². The summed E-state index contributed by atoms with van der Waals surface area (Å²) in [5, 5.41) is 21.4. The lowest BCUT2D eigenvalue weighted by Crippen LogP contribution is -2.61. The molecule has 3 aliphatic rings. The Morgan fingerprint density at radius 3 is 2.54 bits per heavy atom. The molecule has 0 aromatic heterocycles. The molecule has 6 atom stereocenters. The number of aliphatic hydroxyl groups is 2. The molecule has 7 nitrogen and oxygen atoms in total. The molecule has 2 fully saturated rings. The van der Waals surface area contributed by atoms with Crippen molar-refractivity contribution < 1.29 is 33.8 Å². The Labute approximate surface area is 154 Å². The molecule has 0 saturated carbocycles. The number of esters is 2. The summed E-state index contributed by atoms with van der Waals surface area (Å²) < 4.78 is 12.0. The first-order valence-corrected chi connectivity index (χ1v) is 9.33. The average Bonchev–Trinajstić information content (AvgIpc) is 3.10. The Bertz CT molecular complexity index is 652. The molecule has 146 valence electrons. The molecule has 3 rings (SSSR count). The molecule has 3 aliphatic heterocycles. The topological polar surface area (TPSA) is 93.1 Å². The quantitative estimate of drug-likeness (QED) is 0.398. The smallest absolute Gasteiger partial charge is 0.341 e. The summed E-state index contributed by atoms with van der Waals surface area (Å²) >= 11 is 0. The summed E-state index contributed by atoms with van der Waals surface area (Å²) in [4.78, 5) is 25.2. The minimum atomic E-state index is -2.23. The van der Waals surface area contributed by atoms with Crippen molar-refractivity contribution in [2.24, 2.45) is 5.92 Å². The summed E-state index contributed by atoms with van der Waals surface area (Å²) in [6.45, 7) is 9.94. The highest BCUT2D eigenvalue weighted by atomic mass is 16.6. The molecule has 2 N–H and O–H groups in total. The van der Waals surface area contributed by atoms with E-state index < -0.39 is 29.1 Å². The van der Waals surface area contributed by atoms with Crippen LogP contribution >= 0.6 is 0 Å². The first-order valence-electron chi connectivity index (χ1n) is 9.33. The molecule has 0 bridgehead atoms. The van der Waals surface area contributed by atoms with Crippen LogP contribution in [0, 0.1) is 5.92 Å². The van der Waals surface area contributed by atoms with Crippen LogP contribution < -0.4 is 0 Å². The molecule has 0 aliphatic carbocycles. The Kier molecular flexibility index (Phi) is 4.49. The van der Waals surface area contributed by atoms with Gasteiger partial charge in [0, 0.05) is 12.0 Å². The van der Waals surface area contributed by atoms with Crippen molar-refractivity contribution in [2.45, 2.75) is 70.4 Å².